The van der Waals surface area contributed by atoms with Gasteiger partial charge in [-0.1, -0.05) is 0 Å². The Labute approximate surface area is 75.8 Å². The van der Waals surface area contributed by atoms with Crippen molar-refractivity contribution >= 4 is 11.8 Å². The molecule has 0 aliphatic carbocycles. The third-order valence-electron chi connectivity index (χ3n) is 1.58. The van der Waals surface area contributed by atoms with Gasteiger partial charge in [0.25, 0.3) is 5.95 Å². The highest BCUT2D eigenvalue weighted by Gasteiger charge is 2.20. The minimum atomic E-state index is 0.550. The summed E-state index contributed by atoms with van der Waals surface area (Å²) in [6.07, 6.45) is 3.36. The number of hydrogen-bond donors (Lipinski definition) is 1. The highest BCUT2D eigenvalue weighted by molar-refractivity contribution is 5.81. The van der Waals surface area contributed by atoms with Crippen LogP contribution >= 0.6 is 0 Å². The summed E-state index contributed by atoms with van der Waals surface area (Å²) in [6.45, 7) is 1.87. The quantitative estimate of drug-likeness (QED) is 0.655. The van der Waals surface area contributed by atoms with Gasteiger partial charge in [0.1, 0.15) is 5.84 Å². The summed E-state index contributed by atoms with van der Waals surface area (Å²) in [7, 11) is 1.84. The Kier molecular flexibility index (Phi) is 1.82. The van der Waals surface area contributed by atoms with Gasteiger partial charge in [-0.25, -0.2) is 9.97 Å². The minimum absolute atomic E-state index is 0.550. The summed E-state index contributed by atoms with van der Waals surface area (Å²) in [5, 5.41) is 7.49. The number of hydrogen-bond acceptors (Lipinski definition) is 6. The van der Waals surface area contributed by atoms with E-state index in [2.05, 4.69) is 20.5 Å². The second kappa shape index (κ2) is 2.98. The first-order valence-electron chi connectivity index (χ1n) is 3.90. The summed E-state index contributed by atoms with van der Waals surface area (Å²) in [5.74, 6) is 1.37. The van der Waals surface area contributed by atoms with Crippen molar-refractivity contribution in [2.24, 2.45) is 5.10 Å². The zero-order chi connectivity index (χ0) is 9.26. The van der Waals surface area contributed by atoms with Crippen molar-refractivity contribution in [3.05, 3.63) is 18.5 Å². The van der Waals surface area contributed by atoms with Crippen molar-refractivity contribution in [2.45, 2.75) is 6.92 Å². The standard InChI is InChI=1S/C7H10N6/c1-6-10-12(2)13(11-6)7-8-4-3-5-9-7/h3-5H,1-2H3,(H,10,11). The van der Waals surface area contributed by atoms with Gasteiger partial charge >= 0.3 is 0 Å². The summed E-state index contributed by atoms with van der Waals surface area (Å²) in [5.41, 5.74) is 2.99. The summed E-state index contributed by atoms with van der Waals surface area (Å²) in [6, 6.07) is 1.77. The maximum atomic E-state index is 4.18. The van der Waals surface area contributed by atoms with E-state index in [1.54, 1.807) is 28.7 Å². The predicted octanol–water partition coefficient (Wildman–Crippen LogP) is -0.0186. The van der Waals surface area contributed by atoms with E-state index in [9.17, 15) is 0 Å². The molecule has 0 aromatic carbocycles. The van der Waals surface area contributed by atoms with Gasteiger partial charge in [0, 0.05) is 19.4 Å². The normalized spacial score (nSPS) is 17.1. The number of aromatic nitrogens is 2. The van der Waals surface area contributed by atoms with Crippen LogP contribution in [0.5, 0.6) is 0 Å². The molecule has 1 aliphatic heterocycles. The maximum absolute atomic E-state index is 4.18. The van der Waals surface area contributed by atoms with Gasteiger partial charge in [-0.15, -0.1) is 15.3 Å². The van der Waals surface area contributed by atoms with Crippen LogP contribution in [0, 0.1) is 0 Å². The molecule has 6 nitrogen and oxygen atoms in total. The molecular formula is C7H10N6. The molecule has 2 rings (SSSR count). The minimum Gasteiger partial charge on any atom is -0.286 e. The van der Waals surface area contributed by atoms with Gasteiger partial charge < -0.3 is 0 Å². The summed E-state index contributed by atoms with van der Waals surface area (Å²) >= 11 is 0. The van der Waals surface area contributed by atoms with Crippen molar-refractivity contribution < 1.29 is 0 Å². The Bertz CT molecular complexity index is 321. The van der Waals surface area contributed by atoms with Crippen molar-refractivity contribution in [2.75, 3.05) is 12.2 Å². The molecule has 1 N–H and O–H groups in total. The van der Waals surface area contributed by atoms with E-state index in [-0.39, 0.29) is 0 Å². The molecule has 0 amide bonds. The van der Waals surface area contributed by atoms with Crippen LogP contribution in [-0.4, -0.2) is 28.0 Å². The molecule has 0 bridgehead atoms. The lowest BCUT2D eigenvalue weighted by Crippen LogP contribution is -2.40. The van der Waals surface area contributed by atoms with E-state index in [1.165, 1.54) is 0 Å². The SMILES string of the molecule is CC1=NN(c2ncccn2)N(C)N1. The molecule has 0 fully saturated rings. The third kappa shape index (κ3) is 1.43. The Hall–Kier alpha value is -1.69. The summed E-state index contributed by atoms with van der Waals surface area (Å²) in [4.78, 5) is 8.14. The highest BCUT2D eigenvalue weighted by Crippen LogP contribution is 2.10. The number of rotatable bonds is 1. The number of nitrogens with one attached hydrogen (secondary N) is 1. The lowest BCUT2D eigenvalue weighted by atomic mass is 10.7. The molecule has 0 spiro atoms. The van der Waals surface area contributed by atoms with E-state index in [0.29, 0.717) is 5.95 Å². The average molecular weight is 178 g/mol. The predicted molar refractivity (Wildman–Crippen MR) is 48.5 cm³/mol. The molecule has 0 atom stereocenters. The maximum Gasteiger partial charge on any atom is 0.263 e. The van der Waals surface area contributed by atoms with Crippen molar-refractivity contribution in [3.8, 4) is 0 Å². The zero-order valence-electron chi connectivity index (χ0n) is 7.47. The Balaban J connectivity index is 2.27. The van der Waals surface area contributed by atoms with Crippen molar-refractivity contribution in [3.63, 3.8) is 0 Å². The first-order chi connectivity index (χ1) is 6.27. The molecular weight excluding hydrogens is 168 g/mol. The fourth-order valence-corrected chi connectivity index (χ4v) is 1.09. The Morgan fingerprint density at radius 3 is 2.54 bits per heavy atom. The Morgan fingerprint density at radius 1 is 1.31 bits per heavy atom. The first-order valence-corrected chi connectivity index (χ1v) is 3.90. The van der Waals surface area contributed by atoms with E-state index >= 15 is 0 Å². The number of hydrazine groups is 2. The average Bonchev–Trinajstić information content (AvgIpc) is 2.47. The third-order valence-corrected chi connectivity index (χ3v) is 1.58. The second-order valence-corrected chi connectivity index (χ2v) is 2.66. The molecule has 0 saturated carbocycles. The number of hydrazone groups is 1. The number of anilines is 1. The van der Waals surface area contributed by atoms with Gasteiger partial charge in [-0.3, -0.25) is 5.43 Å². The largest absolute Gasteiger partial charge is 0.286 e. The van der Waals surface area contributed by atoms with Crippen LogP contribution in [0.4, 0.5) is 5.95 Å². The smallest absolute Gasteiger partial charge is 0.263 e. The van der Waals surface area contributed by atoms with Gasteiger partial charge in [0.15, 0.2) is 0 Å². The molecule has 13 heavy (non-hydrogen) atoms. The second-order valence-electron chi connectivity index (χ2n) is 2.66. The van der Waals surface area contributed by atoms with Crippen LogP contribution in [0.15, 0.2) is 23.6 Å². The van der Waals surface area contributed by atoms with E-state index in [4.69, 9.17) is 0 Å². The van der Waals surface area contributed by atoms with Crippen molar-refractivity contribution in [1.82, 2.24) is 20.5 Å². The van der Waals surface area contributed by atoms with Crippen LogP contribution in [0.25, 0.3) is 0 Å². The van der Waals surface area contributed by atoms with Crippen LogP contribution in [-0.2, 0) is 0 Å². The molecule has 0 radical (unpaired) electrons. The van der Waals surface area contributed by atoms with Crippen molar-refractivity contribution in [1.29, 1.82) is 0 Å². The topological polar surface area (TPSA) is 56.7 Å². The van der Waals surface area contributed by atoms with Crippen LogP contribution < -0.4 is 10.5 Å². The van der Waals surface area contributed by atoms with Gasteiger partial charge in [0.2, 0.25) is 0 Å². The number of nitrogens with zero attached hydrogens (tertiary/aromatic N) is 5. The lowest BCUT2D eigenvalue weighted by Gasteiger charge is -2.19. The number of amidine groups is 1. The van der Waals surface area contributed by atoms with Crippen LogP contribution in [0.1, 0.15) is 6.92 Å². The van der Waals surface area contributed by atoms with Gasteiger partial charge in [-0.2, -0.15) is 0 Å². The molecule has 6 heteroatoms. The van der Waals surface area contributed by atoms with E-state index < -0.39 is 0 Å². The molecule has 0 saturated heterocycles. The van der Waals surface area contributed by atoms with Crippen LogP contribution in [0.2, 0.25) is 0 Å². The molecule has 1 aromatic rings. The molecule has 1 aromatic heterocycles. The fourth-order valence-electron chi connectivity index (χ4n) is 1.09. The first kappa shape index (κ1) is 7.93. The monoisotopic (exact) mass is 178 g/mol. The summed E-state index contributed by atoms with van der Waals surface area (Å²) < 4.78 is 0. The highest BCUT2D eigenvalue weighted by atomic mass is 15.9. The van der Waals surface area contributed by atoms with E-state index in [0.717, 1.165) is 5.84 Å². The molecule has 1 aliphatic rings. The lowest BCUT2D eigenvalue weighted by molar-refractivity contribution is 0.290. The Morgan fingerprint density at radius 2 is 2.00 bits per heavy atom. The molecule has 2 heterocycles. The van der Waals surface area contributed by atoms with Gasteiger partial charge in [-0.05, 0) is 13.0 Å². The fraction of sp³-hybridized carbons (Fsp3) is 0.286. The molecule has 68 valence electrons. The van der Waals surface area contributed by atoms with Gasteiger partial charge in [0.05, 0.1) is 0 Å². The van der Waals surface area contributed by atoms with Crippen LogP contribution in [0.3, 0.4) is 0 Å². The van der Waals surface area contributed by atoms with E-state index in [1.807, 2.05) is 14.0 Å². The zero-order valence-corrected chi connectivity index (χ0v) is 7.47. The molecule has 0 unspecified atom stereocenters.